The molecule has 2 aromatic heterocycles. The number of fused-ring (bicyclic) bond motifs is 3. The van der Waals surface area contributed by atoms with Gasteiger partial charge in [-0.05, 0) is 38.7 Å². The van der Waals surface area contributed by atoms with Crippen LogP contribution in [0.4, 0.5) is 4.79 Å². The van der Waals surface area contributed by atoms with Crippen LogP contribution in [0.5, 0.6) is 0 Å². The van der Waals surface area contributed by atoms with E-state index >= 15 is 0 Å². The Balaban J connectivity index is 1.65. The van der Waals surface area contributed by atoms with E-state index in [-0.39, 0.29) is 12.6 Å². The van der Waals surface area contributed by atoms with E-state index in [1.54, 1.807) is 31.5 Å². The van der Waals surface area contributed by atoms with Crippen molar-refractivity contribution in [1.82, 2.24) is 20.6 Å². The molecule has 0 radical (unpaired) electrons. The van der Waals surface area contributed by atoms with Gasteiger partial charge in [-0.2, -0.15) is 0 Å². The lowest BCUT2D eigenvalue weighted by molar-refractivity contribution is -0.138. The molecule has 1 atom stereocenters. The first-order valence-electron chi connectivity index (χ1n) is 8.94. The van der Waals surface area contributed by atoms with E-state index in [0.717, 1.165) is 28.1 Å². The van der Waals surface area contributed by atoms with E-state index < -0.39 is 12.0 Å². The number of rotatable bonds is 5. The molecule has 0 bridgehead atoms. The summed E-state index contributed by atoms with van der Waals surface area (Å²) >= 11 is 3.26. The van der Waals surface area contributed by atoms with Gasteiger partial charge in [0.1, 0.15) is 16.2 Å². The minimum absolute atomic E-state index is 0.289. The number of thioether (sulfide) groups is 1. The molecule has 0 spiro atoms. The molecule has 1 aliphatic carbocycles. The predicted octanol–water partition coefficient (Wildman–Crippen LogP) is 2.79. The molecular formula is C18H20N4O3S2. The van der Waals surface area contributed by atoms with Crippen LogP contribution in [0.25, 0.3) is 10.2 Å². The largest absolute Gasteiger partial charge is 0.463 e. The Morgan fingerprint density at radius 1 is 1.41 bits per heavy atom. The van der Waals surface area contributed by atoms with Gasteiger partial charge < -0.3 is 15.4 Å². The second-order valence-corrected chi connectivity index (χ2v) is 8.49. The van der Waals surface area contributed by atoms with Gasteiger partial charge in [-0.15, -0.1) is 11.3 Å². The summed E-state index contributed by atoms with van der Waals surface area (Å²) in [7, 11) is 0. The first kappa shape index (κ1) is 18.2. The molecule has 3 heterocycles. The SMILES string of the molecule is CCOC(=O)C1=C(CSc2ncnc3sc4c(c23)CCC4)NC(=O)N[C@H]1C. The third kappa shape index (κ3) is 3.41. The van der Waals surface area contributed by atoms with Crippen molar-refractivity contribution in [1.29, 1.82) is 0 Å². The smallest absolute Gasteiger partial charge is 0.337 e. The van der Waals surface area contributed by atoms with Crippen molar-refractivity contribution < 1.29 is 14.3 Å². The van der Waals surface area contributed by atoms with Gasteiger partial charge in [0.25, 0.3) is 0 Å². The number of urea groups is 1. The second kappa shape index (κ2) is 7.47. The molecular weight excluding hydrogens is 384 g/mol. The molecule has 4 rings (SSSR count). The van der Waals surface area contributed by atoms with Crippen molar-refractivity contribution in [3.05, 3.63) is 28.0 Å². The zero-order valence-corrected chi connectivity index (χ0v) is 16.8. The minimum Gasteiger partial charge on any atom is -0.463 e. The van der Waals surface area contributed by atoms with Crippen LogP contribution in [0.2, 0.25) is 0 Å². The van der Waals surface area contributed by atoms with Crippen molar-refractivity contribution in [2.45, 2.75) is 44.2 Å². The number of nitrogens with one attached hydrogen (secondary N) is 2. The van der Waals surface area contributed by atoms with Crippen LogP contribution in [0, 0.1) is 0 Å². The van der Waals surface area contributed by atoms with Crippen LogP contribution in [0.3, 0.4) is 0 Å². The molecule has 0 saturated heterocycles. The lowest BCUT2D eigenvalue weighted by atomic mass is 10.1. The molecule has 0 saturated carbocycles. The number of carbonyl (C=O) groups is 2. The Labute approximate surface area is 165 Å². The average molecular weight is 405 g/mol. The van der Waals surface area contributed by atoms with Crippen molar-refractivity contribution >= 4 is 45.3 Å². The molecule has 2 aromatic rings. The first-order valence-corrected chi connectivity index (χ1v) is 10.7. The van der Waals surface area contributed by atoms with Crippen LogP contribution in [-0.4, -0.2) is 40.4 Å². The van der Waals surface area contributed by atoms with Gasteiger partial charge in [0.15, 0.2) is 0 Å². The highest BCUT2D eigenvalue weighted by atomic mass is 32.2. The Hall–Kier alpha value is -2.13. The van der Waals surface area contributed by atoms with Crippen molar-refractivity contribution in [3.8, 4) is 0 Å². The molecule has 2 N–H and O–H groups in total. The highest BCUT2D eigenvalue weighted by Gasteiger charge is 2.30. The molecule has 0 fully saturated rings. The Morgan fingerprint density at radius 3 is 3.07 bits per heavy atom. The standard InChI is InChI=1S/C18H20N4O3S2/c1-3-25-17(23)13-9(2)21-18(24)22-11(13)7-26-15-14-10-5-4-6-12(10)27-16(14)20-8-19-15/h8-9H,3-7H2,1-2H3,(H2,21,22,24)/t9-/m0/s1. The fourth-order valence-corrected chi connectivity index (χ4v) is 5.83. The van der Waals surface area contributed by atoms with Crippen LogP contribution in [0.1, 0.15) is 30.7 Å². The summed E-state index contributed by atoms with van der Waals surface area (Å²) < 4.78 is 5.17. The van der Waals surface area contributed by atoms with Crippen LogP contribution in [0.15, 0.2) is 22.6 Å². The molecule has 0 aromatic carbocycles. The molecule has 7 nitrogen and oxygen atoms in total. The Kier molecular flexibility index (Phi) is 5.05. The van der Waals surface area contributed by atoms with Crippen molar-refractivity contribution in [2.24, 2.45) is 0 Å². The number of amides is 2. The van der Waals surface area contributed by atoms with E-state index in [1.165, 1.54) is 28.6 Å². The molecule has 142 valence electrons. The number of aryl methyl sites for hydroxylation is 2. The summed E-state index contributed by atoms with van der Waals surface area (Å²) in [5, 5.41) is 7.51. The fourth-order valence-electron chi connectivity index (χ4n) is 3.54. The normalized spacial score (nSPS) is 19.0. The van der Waals surface area contributed by atoms with Gasteiger partial charge in [-0.1, -0.05) is 11.8 Å². The summed E-state index contributed by atoms with van der Waals surface area (Å²) in [4.78, 5) is 35.6. The summed E-state index contributed by atoms with van der Waals surface area (Å²) in [6.45, 7) is 3.84. The number of aromatic nitrogens is 2. The first-order chi connectivity index (χ1) is 13.1. The number of ether oxygens (including phenoxy) is 1. The Morgan fingerprint density at radius 2 is 2.26 bits per heavy atom. The predicted molar refractivity (Wildman–Crippen MR) is 105 cm³/mol. The maximum absolute atomic E-state index is 12.4. The quantitative estimate of drug-likeness (QED) is 0.452. The van der Waals surface area contributed by atoms with Gasteiger partial charge in [-0.3, -0.25) is 0 Å². The monoisotopic (exact) mass is 404 g/mol. The molecule has 0 unspecified atom stereocenters. The molecule has 9 heteroatoms. The minimum atomic E-state index is -0.405. The van der Waals surface area contributed by atoms with Gasteiger partial charge in [-0.25, -0.2) is 19.6 Å². The third-order valence-electron chi connectivity index (χ3n) is 4.69. The number of carbonyl (C=O) groups excluding carboxylic acids is 2. The summed E-state index contributed by atoms with van der Waals surface area (Å²) in [6.07, 6.45) is 4.93. The number of esters is 1. The number of hydrogen-bond acceptors (Lipinski definition) is 7. The fraction of sp³-hybridized carbons (Fsp3) is 0.444. The third-order valence-corrected chi connectivity index (χ3v) is 6.90. The number of thiophene rings is 1. The summed E-state index contributed by atoms with van der Waals surface area (Å²) in [5.74, 6) is 0.0280. The Bertz CT molecular complexity index is 953. The van der Waals surface area contributed by atoms with E-state index in [0.29, 0.717) is 17.0 Å². The van der Waals surface area contributed by atoms with E-state index in [9.17, 15) is 9.59 Å². The summed E-state index contributed by atoms with van der Waals surface area (Å²) in [6, 6.07) is -0.709. The summed E-state index contributed by atoms with van der Waals surface area (Å²) in [5.41, 5.74) is 2.40. The molecule has 1 aliphatic heterocycles. The van der Waals surface area contributed by atoms with Crippen LogP contribution in [-0.2, 0) is 22.4 Å². The highest BCUT2D eigenvalue weighted by molar-refractivity contribution is 7.99. The van der Waals surface area contributed by atoms with Crippen LogP contribution < -0.4 is 10.6 Å². The van der Waals surface area contributed by atoms with Gasteiger partial charge in [0.05, 0.1) is 18.2 Å². The van der Waals surface area contributed by atoms with Crippen molar-refractivity contribution in [3.63, 3.8) is 0 Å². The number of nitrogens with zero attached hydrogens (tertiary/aromatic N) is 2. The van der Waals surface area contributed by atoms with Gasteiger partial charge in [0, 0.05) is 21.7 Å². The maximum atomic E-state index is 12.4. The average Bonchev–Trinajstić information content (AvgIpc) is 3.20. The highest BCUT2D eigenvalue weighted by Crippen LogP contribution is 2.40. The molecule has 27 heavy (non-hydrogen) atoms. The second-order valence-electron chi connectivity index (χ2n) is 6.44. The lowest BCUT2D eigenvalue weighted by Crippen LogP contribution is -2.49. The van der Waals surface area contributed by atoms with Crippen LogP contribution >= 0.6 is 23.1 Å². The number of hydrogen-bond donors (Lipinski definition) is 2. The van der Waals surface area contributed by atoms with Crippen molar-refractivity contribution in [2.75, 3.05) is 12.4 Å². The lowest BCUT2D eigenvalue weighted by Gasteiger charge is -2.26. The van der Waals surface area contributed by atoms with E-state index in [4.69, 9.17) is 4.74 Å². The maximum Gasteiger partial charge on any atom is 0.337 e. The van der Waals surface area contributed by atoms with Gasteiger partial charge in [0.2, 0.25) is 0 Å². The zero-order valence-electron chi connectivity index (χ0n) is 15.1. The molecule has 2 amide bonds. The molecule has 2 aliphatic rings. The van der Waals surface area contributed by atoms with E-state index in [1.807, 2.05) is 0 Å². The van der Waals surface area contributed by atoms with E-state index in [2.05, 4.69) is 20.6 Å². The zero-order chi connectivity index (χ0) is 19.0. The topological polar surface area (TPSA) is 93.2 Å². The van der Waals surface area contributed by atoms with Gasteiger partial charge >= 0.3 is 12.0 Å².